The van der Waals surface area contributed by atoms with Gasteiger partial charge in [0.15, 0.2) is 0 Å². The minimum absolute atomic E-state index is 0.0814. The Morgan fingerprint density at radius 3 is 2.00 bits per heavy atom. The summed E-state index contributed by atoms with van der Waals surface area (Å²) in [6.07, 6.45) is 2.12. The number of rotatable bonds is 7. The van der Waals surface area contributed by atoms with Crippen LogP contribution in [0.4, 0.5) is 0 Å². The zero-order chi connectivity index (χ0) is 13.4. The van der Waals surface area contributed by atoms with Crippen LogP contribution in [0.5, 0.6) is 0 Å². The van der Waals surface area contributed by atoms with Crippen LogP contribution in [0.1, 0.15) is 47.5 Å². The van der Waals surface area contributed by atoms with Gasteiger partial charge < -0.3 is 10.6 Å². The Balaban J connectivity index is 4.28. The molecule has 0 saturated heterocycles. The van der Waals surface area contributed by atoms with Gasteiger partial charge in [0.2, 0.25) is 11.8 Å². The second kappa shape index (κ2) is 8.09. The van der Waals surface area contributed by atoms with Crippen molar-refractivity contribution in [2.24, 2.45) is 11.8 Å². The van der Waals surface area contributed by atoms with Gasteiger partial charge in [0, 0.05) is 13.5 Å². The molecule has 0 aromatic heterocycles. The van der Waals surface area contributed by atoms with E-state index in [-0.39, 0.29) is 17.7 Å². The summed E-state index contributed by atoms with van der Waals surface area (Å²) in [6, 6.07) is -0.429. The van der Waals surface area contributed by atoms with Crippen molar-refractivity contribution in [3.63, 3.8) is 0 Å². The van der Waals surface area contributed by atoms with Gasteiger partial charge in [0.1, 0.15) is 6.04 Å². The first-order valence-corrected chi connectivity index (χ1v) is 6.47. The van der Waals surface area contributed by atoms with E-state index in [2.05, 4.69) is 24.5 Å². The van der Waals surface area contributed by atoms with E-state index in [0.717, 1.165) is 12.8 Å². The third-order valence-corrected chi connectivity index (χ3v) is 3.03. The van der Waals surface area contributed by atoms with Gasteiger partial charge in [-0.15, -0.1) is 0 Å². The van der Waals surface area contributed by atoms with Crippen molar-refractivity contribution in [1.82, 2.24) is 10.6 Å². The smallest absolute Gasteiger partial charge is 0.242 e. The van der Waals surface area contributed by atoms with E-state index in [4.69, 9.17) is 0 Å². The van der Waals surface area contributed by atoms with Crippen LogP contribution in [-0.4, -0.2) is 24.4 Å². The van der Waals surface area contributed by atoms with Gasteiger partial charge in [0.25, 0.3) is 0 Å². The first-order chi connectivity index (χ1) is 7.92. The number of amides is 2. The largest absolute Gasteiger partial charge is 0.354 e. The summed E-state index contributed by atoms with van der Waals surface area (Å²) in [5.74, 6) is 0.369. The van der Waals surface area contributed by atoms with E-state index in [1.807, 2.05) is 13.8 Å². The first-order valence-electron chi connectivity index (χ1n) is 6.47. The highest BCUT2D eigenvalue weighted by Crippen LogP contribution is 2.06. The predicted octanol–water partition coefficient (Wildman–Crippen LogP) is 1.70. The molecule has 0 aliphatic carbocycles. The summed E-state index contributed by atoms with van der Waals surface area (Å²) in [7, 11) is 0. The topological polar surface area (TPSA) is 58.2 Å². The molecule has 17 heavy (non-hydrogen) atoms. The maximum Gasteiger partial charge on any atom is 0.242 e. The van der Waals surface area contributed by atoms with Crippen LogP contribution in [0.25, 0.3) is 0 Å². The fourth-order valence-corrected chi connectivity index (χ4v) is 1.69. The quantitative estimate of drug-likeness (QED) is 0.714. The van der Waals surface area contributed by atoms with E-state index in [1.165, 1.54) is 6.92 Å². The molecule has 0 aromatic carbocycles. The van der Waals surface area contributed by atoms with Crippen molar-refractivity contribution in [3.05, 3.63) is 0 Å². The van der Waals surface area contributed by atoms with Crippen molar-refractivity contribution in [2.45, 2.75) is 53.5 Å². The Hall–Kier alpha value is -1.06. The fraction of sp³-hybridized carbons (Fsp3) is 0.846. The van der Waals surface area contributed by atoms with Gasteiger partial charge in [-0.05, 0) is 11.8 Å². The molecule has 0 fully saturated rings. The summed E-state index contributed by atoms with van der Waals surface area (Å²) in [6.45, 7) is 10.2. The second-order valence-corrected chi connectivity index (χ2v) is 4.85. The minimum atomic E-state index is -0.429. The fourth-order valence-electron chi connectivity index (χ4n) is 1.69. The minimum Gasteiger partial charge on any atom is -0.354 e. The monoisotopic (exact) mass is 242 g/mol. The van der Waals surface area contributed by atoms with Gasteiger partial charge in [-0.25, -0.2) is 0 Å². The van der Waals surface area contributed by atoms with E-state index in [0.29, 0.717) is 12.5 Å². The zero-order valence-electron chi connectivity index (χ0n) is 11.7. The third-order valence-electron chi connectivity index (χ3n) is 3.03. The van der Waals surface area contributed by atoms with Crippen LogP contribution in [0, 0.1) is 11.8 Å². The predicted molar refractivity (Wildman–Crippen MR) is 69.5 cm³/mol. The summed E-state index contributed by atoms with van der Waals surface area (Å²) in [4.78, 5) is 23.0. The van der Waals surface area contributed by atoms with Crippen molar-refractivity contribution in [2.75, 3.05) is 6.54 Å². The zero-order valence-corrected chi connectivity index (χ0v) is 11.7. The highest BCUT2D eigenvalue weighted by atomic mass is 16.2. The molecule has 0 spiro atoms. The van der Waals surface area contributed by atoms with Crippen molar-refractivity contribution in [3.8, 4) is 0 Å². The molecule has 4 nitrogen and oxygen atoms in total. The lowest BCUT2D eigenvalue weighted by Crippen LogP contribution is -2.49. The van der Waals surface area contributed by atoms with E-state index < -0.39 is 6.04 Å². The van der Waals surface area contributed by atoms with E-state index >= 15 is 0 Å². The lowest BCUT2D eigenvalue weighted by Gasteiger charge is -2.22. The number of carbonyl (C=O) groups is 2. The van der Waals surface area contributed by atoms with Crippen LogP contribution >= 0.6 is 0 Å². The van der Waals surface area contributed by atoms with Gasteiger partial charge >= 0.3 is 0 Å². The van der Waals surface area contributed by atoms with E-state index in [9.17, 15) is 9.59 Å². The molecule has 0 saturated carbocycles. The van der Waals surface area contributed by atoms with Crippen LogP contribution in [0.3, 0.4) is 0 Å². The molecule has 1 unspecified atom stereocenters. The molecule has 0 aliphatic heterocycles. The molecule has 0 aliphatic rings. The Labute approximate surface area is 105 Å². The summed E-state index contributed by atoms with van der Waals surface area (Å²) < 4.78 is 0. The van der Waals surface area contributed by atoms with Gasteiger partial charge in [-0.3, -0.25) is 9.59 Å². The molecule has 0 rings (SSSR count). The average molecular weight is 242 g/mol. The average Bonchev–Trinajstić information content (AvgIpc) is 2.26. The number of hydrogen-bond donors (Lipinski definition) is 2. The van der Waals surface area contributed by atoms with Crippen molar-refractivity contribution >= 4 is 11.8 Å². The summed E-state index contributed by atoms with van der Waals surface area (Å²) in [5.41, 5.74) is 0. The number of hydrogen-bond acceptors (Lipinski definition) is 2. The van der Waals surface area contributed by atoms with E-state index in [1.54, 1.807) is 0 Å². The molecule has 100 valence electrons. The lowest BCUT2D eigenvalue weighted by atomic mass is 10.0. The van der Waals surface area contributed by atoms with Gasteiger partial charge in [-0.1, -0.05) is 40.5 Å². The SMILES string of the molecule is CCC(CC)CNC(=O)C(NC(C)=O)C(C)C. The highest BCUT2D eigenvalue weighted by molar-refractivity contribution is 5.86. The summed E-state index contributed by atoms with van der Waals surface area (Å²) in [5, 5.41) is 5.61. The molecule has 0 bridgehead atoms. The lowest BCUT2D eigenvalue weighted by molar-refractivity contribution is -0.129. The third kappa shape index (κ3) is 6.29. The molecule has 0 radical (unpaired) electrons. The number of nitrogens with one attached hydrogen (secondary N) is 2. The maximum absolute atomic E-state index is 11.9. The Kier molecular flexibility index (Phi) is 7.59. The van der Waals surface area contributed by atoms with Crippen LogP contribution in [-0.2, 0) is 9.59 Å². The van der Waals surface area contributed by atoms with Crippen LogP contribution in [0.2, 0.25) is 0 Å². The Bertz CT molecular complexity index is 248. The standard InChI is InChI=1S/C13H26N2O2/c1-6-11(7-2)8-14-13(17)12(9(3)4)15-10(5)16/h9,11-12H,6-8H2,1-5H3,(H,14,17)(H,15,16). The Morgan fingerprint density at radius 2 is 1.65 bits per heavy atom. The first kappa shape index (κ1) is 15.9. The van der Waals surface area contributed by atoms with Crippen molar-refractivity contribution in [1.29, 1.82) is 0 Å². The molecule has 0 heterocycles. The molecule has 2 amide bonds. The molecule has 2 N–H and O–H groups in total. The van der Waals surface area contributed by atoms with Crippen LogP contribution < -0.4 is 10.6 Å². The Morgan fingerprint density at radius 1 is 1.12 bits per heavy atom. The molecular weight excluding hydrogens is 216 g/mol. The second-order valence-electron chi connectivity index (χ2n) is 4.85. The van der Waals surface area contributed by atoms with Gasteiger partial charge in [-0.2, -0.15) is 0 Å². The maximum atomic E-state index is 11.9. The summed E-state index contributed by atoms with van der Waals surface area (Å²) >= 11 is 0. The van der Waals surface area contributed by atoms with Crippen LogP contribution in [0.15, 0.2) is 0 Å². The normalized spacial score (nSPS) is 12.6. The molecular formula is C13H26N2O2. The highest BCUT2D eigenvalue weighted by Gasteiger charge is 2.22. The van der Waals surface area contributed by atoms with Crippen molar-refractivity contribution < 1.29 is 9.59 Å². The van der Waals surface area contributed by atoms with Gasteiger partial charge in [0.05, 0.1) is 0 Å². The molecule has 1 atom stereocenters. The molecule has 4 heteroatoms. The number of carbonyl (C=O) groups excluding carboxylic acids is 2. The molecule has 0 aromatic rings.